The van der Waals surface area contributed by atoms with Crippen LogP contribution in [0.25, 0.3) is 16.8 Å². The van der Waals surface area contributed by atoms with E-state index in [-0.39, 0.29) is 12.4 Å². The lowest BCUT2D eigenvalue weighted by atomic mass is 9.99. The van der Waals surface area contributed by atoms with E-state index >= 15 is 0 Å². The number of carbonyl (C=O) groups excluding carboxylic acids is 1. The summed E-state index contributed by atoms with van der Waals surface area (Å²) in [6.45, 7) is 1.10. The van der Waals surface area contributed by atoms with Gasteiger partial charge in [0.25, 0.3) is 0 Å². The molecule has 0 bridgehead atoms. The molecule has 1 unspecified atom stereocenters. The minimum atomic E-state index is -0.0478. The van der Waals surface area contributed by atoms with Crippen LogP contribution in [0.3, 0.4) is 0 Å². The van der Waals surface area contributed by atoms with Crippen molar-refractivity contribution in [2.24, 2.45) is 0 Å². The zero-order valence-electron chi connectivity index (χ0n) is 15.9. The van der Waals surface area contributed by atoms with Crippen molar-refractivity contribution in [3.63, 3.8) is 0 Å². The average molecular weight is 375 g/mol. The molecule has 1 atom stereocenters. The van der Waals surface area contributed by atoms with E-state index < -0.39 is 0 Å². The Bertz CT molecular complexity index is 976. The summed E-state index contributed by atoms with van der Waals surface area (Å²) in [6.07, 6.45) is 9.52. The molecule has 0 amide bonds. The Morgan fingerprint density at radius 1 is 1.14 bits per heavy atom. The molecule has 5 nitrogen and oxygen atoms in total. The number of benzene rings is 1. The Labute approximate surface area is 164 Å². The van der Waals surface area contributed by atoms with Crippen molar-refractivity contribution >= 4 is 11.3 Å². The van der Waals surface area contributed by atoms with E-state index in [0.717, 1.165) is 36.9 Å². The number of nitrogens with zero attached hydrogens (tertiary/aromatic N) is 3. The lowest BCUT2D eigenvalue weighted by molar-refractivity contribution is 0.104. The molecule has 0 aliphatic carbocycles. The second-order valence-corrected chi connectivity index (χ2v) is 7.20. The van der Waals surface area contributed by atoms with Crippen molar-refractivity contribution in [3.8, 4) is 11.3 Å². The van der Waals surface area contributed by atoms with Crippen LogP contribution in [0, 0.1) is 0 Å². The molecule has 1 N–H and O–H groups in total. The molecule has 3 aromatic rings. The molecule has 1 saturated heterocycles. The van der Waals surface area contributed by atoms with Crippen LogP contribution in [-0.2, 0) is 0 Å². The Morgan fingerprint density at radius 3 is 2.79 bits per heavy atom. The topological polar surface area (TPSA) is 57.8 Å². The van der Waals surface area contributed by atoms with E-state index in [1.54, 1.807) is 10.6 Å². The quantitative estimate of drug-likeness (QED) is 0.524. The Morgan fingerprint density at radius 2 is 1.96 bits per heavy atom. The molecule has 2 aromatic heterocycles. The van der Waals surface area contributed by atoms with Gasteiger partial charge in [0.15, 0.2) is 5.78 Å². The molecule has 1 aliphatic heterocycles. The van der Waals surface area contributed by atoms with E-state index in [0.29, 0.717) is 17.3 Å². The van der Waals surface area contributed by atoms with E-state index in [1.807, 2.05) is 60.9 Å². The van der Waals surface area contributed by atoms with Gasteiger partial charge < -0.3 is 10.0 Å². The minimum absolute atomic E-state index is 0.0478. The first-order valence-corrected chi connectivity index (χ1v) is 9.90. The van der Waals surface area contributed by atoms with Gasteiger partial charge in [-0.25, -0.2) is 4.52 Å². The van der Waals surface area contributed by atoms with Crippen molar-refractivity contribution in [1.82, 2.24) is 14.5 Å². The maximum Gasteiger partial charge on any atom is 0.191 e. The number of aliphatic hydroxyl groups excluding tert-OH is 1. The number of rotatable bonds is 6. The molecule has 1 fully saturated rings. The summed E-state index contributed by atoms with van der Waals surface area (Å²) in [6, 6.07) is 15.9. The third-order valence-electron chi connectivity index (χ3n) is 5.39. The monoisotopic (exact) mass is 375 g/mol. The highest BCUT2D eigenvalue weighted by atomic mass is 16.3. The summed E-state index contributed by atoms with van der Waals surface area (Å²) in [5, 5.41) is 14.0. The molecule has 0 spiro atoms. The van der Waals surface area contributed by atoms with Crippen LogP contribution in [-0.4, -0.2) is 44.6 Å². The first-order valence-electron chi connectivity index (χ1n) is 9.90. The summed E-state index contributed by atoms with van der Waals surface area (Å²) in [5.41, 5.74) is 3.06. The summed E-state index contributed by atoms with van der Waals surface area (Å²) in [4.78, 5) is 15.4. The fraction of sp³-hybridized carbons (Fsp3) is 0.304. The van der Waals surface area contributed by atoms with Crippen LogP contribution in [0.15, 0.2) is 67.0 Å². The van der Waals surface area contributed by atoms with Gasteiger partial charge in [0.2, 0.25) is 0 Å². The van der Waals surface area contributed by atoms with Crippen LogP contribution in [0.1, 0.15) is 36.0 Å². The number of hydrogen-bond acceptors (Lipinski definition) is 4. The van der Waals surface area contributed by atoms with Gasteiger partial charge in [-0.2, -0.15) is 5.10 Å². The minimum Gasteiger partial charge on any atom is -0.396 e. The van der Waals surface area contributed by atoms with Gasteiger partial charge in [0, 0.05) is 43.2 Å². The van der Waals surface area contributed by atoms with Gasteiger partial charge >= 0.3 is 0 Å². The van der Waals surface area contributed by atoms with Gasteiger partial charge in [-0.05, 0) is 37.8 Å². The van der Waals surface area contributed by atoms with E-state index in [4.69, 9.17) is 0 Å². The number of aliphatic hydroxyl groups is 1. The molecule has 0 saturated carbocycles. The fourth-order valence-corrected chi connectivity index (χ4v) is 3.96. The molecular formula is C23H25N3O2. The molecule has 1 aromatic carbocycles. The van der Waals surface area contributed by atoms with Gasteiger partial charge in [-0.15, -0.1) is 0 Å². The second-order valence-electron chi connectivity index (χ2n) is 7.20. The summed E-state index contributed by atoms with van der Waals surface area (Å²) in [5.74, 6) is -0.0478. The van der Waals surface area contributed by atoms with E-state index in [1.165, 1.54) is 6.42 Å². The van der Waals surface area contributed by atoms with Crippen LogP contribution < -0.4 is 0 Å². The summed E-state index contributed by atoms with van der Waals surface area (Å²) in [7, 11) is 0. The SMILES string of the molecule is O=C(C=CN1CCCCC1CCO)c1c(-c2ccccc2)nn2ccccc12. The molecule has 3 heterocycles. The van der Waals surface area contributed by atoms with Crippen LogP contribution in [0.2, 0.25) is 0 Å². The fourth-order valence-electron chi connectivity index (χ4n) is 3.96. The van der Waals surface area contributed by atoms with Crippen molar-refractivity contribution in [2.75, 3.05) is 13.2 Å². The Balaban J connectivity index is 1.69. The number of piperidine rings is 1. The van der Waals surface area contributed by atoms with Crippen LogP contribution >= 0.6 is 0 Å². The summed E-state index contributed by atoms with van der Waals surface area (Å²) >= 11 is 0. The van der Waals surface area contributed by atoms with Gasteiger partial charge in [0.05, 0.1) is 11.1 Å². The molecule has 1 aliphatic rings. The third kappa shape index (κ3) is 3.71. The number of likely N-dealkylation sites (tertiary alicyclic amines) is 1. The second kappa shape index (κ2) is 8.40. The first-order chi connectivity index (χ1) is 13.8. The average Bonchev–Trinajstić information content (AvgIpc) is 3.13. The zero-order valence-corrected chi connectivity index (χ0v) is 15.9. The Kier molecular flexibility index (Phi) is 5.53. The predicted molar refractivity (Wildman–Crippen MR) is 110 cm³/mol. The van der Waals surface area contributed by atoms with Crippen LogP contribution in [0.4, 0.5) is 0 Å². The number of ketones is 1. The van der Waals surface area contributed by atoms with Crippen molar-refractivity contribution in [3.05, 3.63) is 72.6 Å². The maximum atomic E-state index is 13.2. The third-order valence-corrected chi connectivity index (χ3v) is 5.39. The molecular weight excluding hydrogens is 350 g/mol. The molecule has 28 heavy (non-hydrogen) atoms. The molecule has 144 valence electrons. The van der Waals surface area contributed by atoms with Gasteiger partial charge in [-0.3, -0.25) is 4.79 Å². The normalized spacial score (nSPS) is 17.5. The number of pyridine rings is 1. The number of aromatic nitrogens is 2. The van der Waals surface area contributed by atoms with Crippen molar-refractivity contribution in [2.45, 2.75) is 31.7 Å². The zero-order chi connectivity index (χ0) is 19.3. The van der Waals surface area contributed by atoms with Gasteiger partial charge in [-0.1, -0.05) is 36.4 Å². The molecule has 0 radical (unpaired) electrons. The number of carbonyl (C=O) groups is 1. The van der Waals surface area contributed by atoms with Gasteiger partial charge in [0.1, 0.15) is 5.69 Å². The smallest absolute Gasteiger partial charge is 0.191 e. The number of allylic oxidation sites excluding steroid dienone is 1. The van der Waals surface area contributed by atoms with Crippen molar-refractivity contribution in [1.29, 1.82) is 0 Å². The van der Waals surface area contributed by atoms with E-state index in [2.05, 4.69) is 10.00 Å². The predicted octanol–water partition coefficient (Wildman–Crippen LogP) is 3.93. The number of hydrogen-bond donors (Lipinski definition) is 1. The first kappa shape index (κ1) is 18.4. The highest BCUT2D eigenvalue weighted by Gasteiger charge is 2.21. The van der Waals surface area contributed by atoms with Crippen LogP contribution in [0.5, 0.6) is 0 Å². The molecule has 5 heteroatoms. The largest absolute Gasteiger partial charge is 0.396 e. The highest BCUT2D eigenvalue weighted by molar-refractivity contribution is 6.13. The van der Waals surface area contributed by atoms with Crippen molar-refractivity contribution < 1.29 is 9.90 Å². The standard InChI is InChI=1S/C23H25N3O2/c27-17-13-19-10-4-6-14-25(19)16-12-21(28)22-20-11-5-7-15-26(20)24-23(22)18-8-2-1-3-9-18/h1-3,5,7-9,11-12,15-16,19,27H,4,6,10,13-14,17H2. The van der Waals surface area contributed by atoms with E-state index in [9.17, 15) is 9.90 Å². The lowest BCUT2D eigenvalue weighted by Crippen LogP contribution is -2.36. The maximum absolute atomic E-state index is 13.2. The Hall–Kier alpha value is -2.92. The summed E-state index contributed by atoms with van der Waals surface area (Å²) < 4.78 is 1.76. The highest BCUT2D eigenvalue weighted by Crippen LogP contribution is 2.27. The molecule has 4 rings (SSSR count). The number of fused-ring (bicyclic) bond motifs is 1. The lowest BCUT2D eigenvalue weighted by Gasteiger charge is -2.34.